The summed E-state index contributed by atoms with van der Waals surface area (Å²) < 4.78 is 0. The van der Waals surface area contributed by atoms with Crippen LogP contribution in [0.4, 0.5) is 0 Å². The number of amides is 1. The van der Waals surface area contributed by atoms with E-state index in [0.29, 0.717) is 10.6 Å². The van der Waals surface area contributed by atoms with E-state index >= 15 is 0 Å². The van der Waals surface area contributed by atoms with Gasteiger partial charge in [0.05, 0.1) is 10.6 Å². The van der Waals surface area contributed by atoms with Crippen molar-refractivity contribution in [3.63, 3.8) is 0 Å². The smallest absolute Gasteiger partial charge is 0.253 e. The van der Waals surface area contributed by atoms with Crippen LogP contribution < -0.4 is 5.32 Å². The normalized spacial score (nSPS) is 16.6. The zero-order valence-corrected chi connectivity index (χ0v) is 11.1. The molecule has 17 heavy (non-hydrogen) atoms. The lowest BCUT2D eigenvalue weighted by atomic mass is 10.1. The van der Waals surface area contributed by atoms with Gasteiger partial charge in [0, 0.05) is 12.2 Å². The molecule has 0 bridgehead atoms. The molecule has 0 spiro atoms. The summed E-state index contributed by atoms with van der Waals surface area (Å²) in [7, 11) is 0. The van der Waals surface area contributed by atoms with E-state index in [-0.39, 0.29) is 17.1 Å². The number of nitrogens with zero attached hydrogens (tertiary/aromatic N) is 1. The predicted molar refractivity (Wildman–Crippen MR) is 68.5 cm³/mol. The second kappa shape index (κ2) is 5.23. The first-order valence-corrected chi connectivity index (χ1v) is 6.43. The lowest BCUT2D eigenvalue weighted by molar-refractivity contribution is 0.0937. The molecule has 0 saturated heterocycles. The summed E-state index contributed by atoms with van der Waals surface area (Å²) >= 11 is 11.7. The highest BCUT2D eigenvalue weighted by Gasteiger charge is 2.24. The summed E-state index contributed by atoms with van der Waals surface area (Å²) in [6, 6.07) is 1.65. The van der Waals surface area contributed by atoms with Crippen LogP contribution in [-0.2, 0) is 0 Å². The average Bonchev–Trinajstić information content (AvgIpc) is 3.05. The minimum atomic E-state index is -0.188. The lowest BCUT2D eigenvalue weighted by Gasteiger charge is -2.13. The van der Waals surface area contributed by atoms with Gasteiger partial charge in [-0.1, -0.05) is 36.0 Å². The van der Waals surface area contributed by atoms with E-state index in [1.54, 1.807) is 0 Å². The fraction of sp³-hybridized carbons (Fsp3) is 0.500. The van der Waals surface area contributed by atoms with Gasteiger partial charge in [0.2, 0.25) is 0 Å². The van der Waals surface area contributed by atoms with E-state index in [2.05, 4.69) is 10.3 Å². The van der Waals surface area contributed by atoms with Crippen LogP contribution in [0.25, 0.3) is 0 Å². The Morgan fingerprint density at radius 3 is 2.94 bits per heavy atom. The van der Waals surface area contributed by atoms with Crippen LogP contribution in [0.15, 0.2) is 12.3 Å². The maximum atomic E-state index is 11.9. The Morgan fingerprint density at radius 2 is 2.29 bits per heavy atom. The summed E-state index contributed by atoms with van der Waals surface area (Å²) in [6.07, 6.45) is 4.98. The predicted octanol–water partition coefficient (Wildman–Crippen LogP) is 3.31. The maximum absolute atomic E-state index is 11.9. The van der Waals surface area contributed by atoms with Gasteiger partial charge in [0.1, 0.15) is 5.15 Å². The first-order valence-electron chi connectivity index (χ1n) is 5.68. The number of nitrogens with one attached hydrogen (secondary N) is 1. The van der Waals surface area contributed by atoms with Crippen molar-refractivity contribution in [3.8, 4) is 0 Å². The molecular weight excluding hydrogens is 259 g/mol. The van der Waals surface area contributed by atoms with Gasteiger partial charge >= 0.3 is 0 Å². The molecule has 92 valence electrons. The second-order valence-electron chi connectivity index (χ2n) is 4.54. The first kappa shape index (κ1) is 12.7. The van der Waals surface area contributed by atoms with Gasteiger partial charge in [-0.2, -0.15) is 0 Å². The van der Waals surface area contributed by atoms with Crippen molar-refractivity contribution in [2.75, 3.05) is 0 Å². The van der Waals surface area contributed by atoms with Gasteiger partial charge in [-0.3, -0.25) is 4.79 Å². The van der Waals surface area contributed by atoms with Crippen molar-refractivity contribution >= 4 is 29.1 Å². The van der Waals surface area contributed by atoms with Gasteiger partial charge in [0.15, 0.2) is 0 Å². The molecule has 2 rings (SSSR count). The van der Waals surface area contributed by atoms with Crippen LogP contribution in [0, 0.1) is 5.92 Å². The summed E-state index contributed by atoms with van der Waals surface area (Å²) in [6.45, 7) is 2.01. The topological polar surface area (TPSA) is 42.0 Å². The molecule has 1 amide bonds. The molecule has 1 unspecified atom stereocenters. The fourth-order valence-electron chi connectivity index (χ4n) is 1.80. The SMILES string of the molecule is CC(CC1CC1)NC(=O)c1cc(Cl)ncc1Cl. The molecule has 0 aliphatic heterocycles. The van der Waals surface area contributed by atoms with Gasteiger partial charge in [-0.05, 0) is 25.3 Å². The monoisotopic (exact) mass is 272 g/mol. The maximum Gasteiger partial charge on any atom is 0.253 e. The molecule has 5 heteroatoms. The van der Waals surface area contributed by atoms with Gasteiger partial charge in [0.25, 0.3) is 5.91 Å². The largest absolute Gasteiger partial charge is 0.350 e. The highest BCUT2D eigenvalue weighted by molar-refractivity contribution is 6.35. The van der Waals surface area contributed by atoms with Crippen LogP contribution in [0.1, 0.15) is 36.5 Å². The molecule has 1 aromatic heterocycles. The second-order valence-corrected chi connectivity index (χ2v) is 5.33. The fourth-order valence-corrected chi connectivity index (χ4v) is 2.15. The Kier molecular flexibility index (Phi) is 3.89. The zero-order valence-electron chi connectivity index (χ0n) is 9.54. The molecule has 0 radical (unpaired) electrons. The molecule has 0 aromatic carbocycles. The number of hydrogen-bond donors (Lipinski definition) is 1. The zero-order chi connectivity index (χ0) is 12.4. The minimum Gasteiger partial charge on any atom is -0.350 e. The lowest BCUT2D eigenvalue weighted by Crippen LogP contribution is -2.33. The van der Waals surface area contributed by atoms with E-state index in [1.807, 2.05) is 6.92 Å². The number of carbonyl (C=O) groups excluding carboxylic acids is 1. The Bertz CT molecular complexity index is 433. The van der Waals surface area contributed by atoms with Crippen molar-refractivity contribution in [2.24, 2.45) is 5.92 Å². The summed E-state index contributed by atoms with van der Waals surface area (Å²) in [5, 5.41) is 3.52. The molecule has 1 saturated carbocycles. The standard InChI is InChI=1S/C12H14Cl2N2O/c1-7(4-8-2-3-8)16-12(17)9-5-11(14)15-6-10(9)13/h5-8H,2-4H2,1H3,(H,16,17). The molecule has 1 atom stereocenters. The molecule has 1 N–H and O–H groups in total. The summed E-state index contributed by atoms with van der Waals surface area (Å²) in [5.41, 5.74) is 0.384. The van der Waals surface area contributed by atoms with E-state index in [1.165, 1.54) is 25.1 Å². The van der Waals surface area contributed by atoms with Crippen molar-refractivity contribution in [2.45, 2.75) is 32.2 Å². The van der Waals surface area contributed by atoms with Crippen molar-refractivity contribution in [1.82, 2.24) is 10.3 Å². The summed E-state index contributed by atoms with van der Waals surface area (Å²) in [4.78, 5) is 15.8. The van der Waals surface area contributed by atoms with E-state index in [9.17, 15) is 4.79 Å². The molecule has 1 fully saturated rings. The molecule has 1 heterocycles. The number of aromatic nitrogens is 1. The molecule has 1 aliphatic carbocycles. The van der Waals surface area contributed by atoms with Gasteiger partial charge < -0.3 is 5.32 Å². The van der Waals surface area contributed by atoms with Gasteiger partial charge in [-0.25, -0.2) is 4.98 Å². The van der Waals surface area contributed by atoms with Gasteiger partial charge in [-0.15, -0.1) is 0 Å². The van der Waals surface area contributed by atoms with E-state index in [4.69, 9.17) is 23.2 Å². The number of carbonyl (C=O) groups is 1. The quantitative estimate of drug-likeness (QED) is 0.855. The Hall–Kier alpha value is -0.800. The highest BCUT2D eigenvalue weighted by Crippen LogP contribution is 2.33. The minimum absolute atomic E-state index is 0.165. The number of rotatable bonds is 4. The van der Waals surface area contributed by atoms with Crippen molar-refractivity contribution in [1.29, 1.82) is 0 Å². The van der Waals surface area contributed by atoms with E-state index < -0.39 is 0 Å². The third kappa shape index (κ3) is 3.58. The van der Waals surface area contributed by atoms with Crippen LogP contribution in [0.2, 0.25) is 10.2 Å². The van der Waals surface area contributed by atoms with Crippen LogP contribution >= 0.6 is 23.2 Å². The Morgan fingerprint density at radius 1 is 1.59 bits per heavy atom. The van der Waals surface area contributed by atoms with E-state index in [0.717, 1.165) is 12.3 Å². The molecular formula is C12H14Cl2N2O. The number of pyridine rings is 1. The third-order valence-corrected chi connectivity index (χ3v) is 3.34. The molecule has 1 aromatic rings. The van der Waals surface area contributed by atoms with Crippen molar-refractivity contribution < 1.29 is 4.79 Å². The first-order chi connectivity index (χ1) is 8.06. The molecule has 1 aliphatic rings. The number of hydrogen-bond acceptors (Lipinski definition) is 2. The third-order valence-electron chi connectivity index (χ3n) is 2.83. The summed E-state index contributed by atoms with van der Waals surface area (Å²) in [5.74, 6) is 0.592. The molecule has 3 nitrogen and oxygen atoms in total. The van der Waals surface area contributed by atoms with Crippen LogP contribution in [0.5, 0.6) is 0 Å². The number of halogens is 2. The Labute approximate surface area is 111 Å². The average molecular weight is 273 g/mol. The van der Waals surface area contributed by atoms with Crippen LogP contribution in [-0.4, -0.2) is 16.9 Å². The highest BCUT2D eigenvalue weighted by atomic mass is 35.5. The van der Waals surface area contributed by atoms with Crippen molar-refractivity contribution in [3.05, 3.63) is 28.0 Å². The Balaban J connectivity index is 2.00. The van der Waals surface area contributed by atoms with Crippen LogP contribution in [0.3, 0.4) is 0 Å².